The Morgan fingerprint density at radius 3 is 2.70 bits per heavy atom. The van der Waals surface area contributed by atoms with Crippen LogP contribution >= 0.6 is 23.1 Å². The van der Waals surface area contributed by atoms with Gasteiger partial charge < -0.3 is 10.1 Å². The largest absolute Gasteiger partial charge is 0.466 e. The van der Waals surface area contributed by atoms with Crippen LogP contribution in [0.15, 0.2) is 34.0 Å². The molecule has 2 atom stereocenters. The number of nitrogens with zero attached hydrogens (tertiary/aromatic N) is 1. The third kappa shape index (κ3) is 6.36. The van der Waals surface area contributed by atoms with E-state index in [9.17, 15) is 9.59 Å². The van der Waals surface area contributed by atoms with Crippen LogP contribution in [0.2, 0.25) is 0 Å². The van der Waals surface area contributed by atoms with Crippen molar-refractivity contribution in [1.29, 1.82) is 0 Å². The minimum Gasteiger partial charge on any atom is -0.466 e. The van der Waals surface area contributed by atoms with Gasteiger partial charge >= 0.3 is 5.97 Å². The van der Waals surface area contributed by atoms with Gasteiger partial charge in [0.05, 0.1) is 24.0 Å². The SMILES string of the molecule is CCOC(=O)Cc1csc(S[C@H](C)C(=O)Nc2ccccc2[C@@H](C)CC)n1. The fraction of sp³-hybridized carbons (Fsp3) is 0.450. The topological polar surface area (TPSA) is 68.3 Å². The van der Waals surface area contributed by atoms with E-state index in [-0.39, 0.29) is 23.5 Å². The van der Waals surface area contributed by atoms with Gasteiger partial charge in [-0.1, -0.05) is 43.8 Å². The van der Waals surface area contributed by atoms with E-state index in [1.54, 1.807) is 6.92 Å². The van der Waals surface area contributed by atoms with Gasteiger partial charge in [0.2, 0.25) is 5.91 Å². The van der Waals surface area contributed by atoms with Crippen LogP contribution in [-0.4, -0.2) is 28.7 Å². The molecule has 1 aromatic carbocycles. The molecule has 0 aliphatic carbocycles. The number of para-hydroxylation sites is 1. The van der Waals surface area contributed by atoms with Crippen LogP contribution in [-0.2, 0) is 20.7 Å². The summed E-state index contributed by atoms with van der Waals surface area (Å²) in [5.74, 6) is 0.0403. The lowest BCUT2D eigenvalue weighted by Crippen LogP contribution is -2.23. The summed E-state index contributed by atoms with van der Waals surface area (Å²) in [6.07, 6.45) is 1.17. The number of carbonyl (C=O) groups is 2. The number of nitrogens with one attached hydrogen (secondary N) is 1. The first-order chi connectivity index (χ1) is 12.9. The van der Waals surface area contributed by atoms with Gasteiger partial charge in [0, 0.05) is 11.1 Å². The first kappa shape index (κ1) is 21.4. The molecule has 2 rings (SSSR count). The van der Waals surface area contributed by atoms with Crippen molar-refractivity contribution < 1.29 is 14.3 Å². The van der Waals surface area contributed by atoms with Crippen molar-refractivity contribution >= 4 is 40.7 Å². The molecule has 27 heavy (non-hydrogen) atoms. The molecule has 0 radical (unpaired) electrons. The van der Waals surface area contributed by atoms with E-state index in [2.05, 4.69) is 30.2 Å². The van der Waals surface area contributed by atoms with E-state index >= 15 is 0 Å². The van der Waals surface area contributed by atoms with Gasteiger partial charge in [-0.25, -0.2) is 4.98 Å². The minimum atomic E-state index is -0.295. The molecule has 0 aliphatic rings. The van der Waals surface area contributed by atoms with Crippen molar-refractivity contribution in [2.45, 2.75) is 56.0 Å². The number of carbonyl (C=O) groups excluding carboxylic acids is 2. The summed E-state index contributed by atoms with van der Waals surface area (Å²) in [5, 5.41) is 4.59. The molecule has 1 aromatic heterocycles. The average molecular weight is 407 g/mol. The Labute approximate surface area is 168 Å². The first-order valence-corrected chi connectivity index (χ1v) is 10.9. The zero-order chi connectivity index (χ0) is 19.8. The highest BCUT2D eigenvalue weighted by atomic mass is 32.2. The second kappa shape index (κ2) is 10.5. The number of thiazole rings is 1. The molecule has 1 amide bonds. The second-order valence-electron chi connectivity index (χ2n) is 6.23. The van der Waals surface area contributed by atoms with E-state index in [1.807, 2.05) is 30.5 Å². The number of hydrogen-bond donors (Lipinski definition) is 1. The molecule has 0 aliphatic heterocycles. The van der Waals surface area contributed by atoms with Crippen molar-refractivity contribution in [3.8, 4) is 0 Å². The Hall–Kier alpha value is -1.86. The van der Waals surface area contributed by atoms with E-state index in [4.69, 9.17) is 4.74 Å². The number of rotatable bonds is 9. The summed E-state index contributed by atoms with van der Waals surface area (Å²) in [5.41, 5.74) is 2.69. The van der Waals surface area contributed by atoms with Crippen LogP contribution in [0.25, 0.3) is 0 Å². The van der Waals surface area contributed by atoms with Crippen LogP contribution in [0, 0.1) is 0 Å². The lowest BCUT2D eigenvalue weighted by molar-refractivity contribution is -0.142. The van der Waals surface area contributed by atoms with E-state index in [0.717, 1.165) is 22.0 Å². The zero-order valence-corrected chi connectivity index (χ0v) is 17.8. The fourth-order valence-corrected chi connectivity index (χ4v) is 4.46. The van der Waals surface area contributed by atoms with Crippen LogP contribution in [0.4, 0.5) is 5.69 Å². The number of hydrogen-bond acceptors (Lipinski definition) is 6. The van der Waals surface area contributed by atoms with Crippen molar-refractivity contribution in [2.24, 2.45) is 0 Å². The van der Waals surface area contributed by atoms with E-state index in [1.165, 1.54) is 23.1 Å². The van der Waals surface area contributed by atoms with E-state index in [0.29, 0.717) is 18.2 Å². The summed E-state index contributed by atoms with van der Waals surface area (Å²) in [7, 11) is 0. The second-order valence-corrected chi connectivity index (χ2v) is 8.68. The zero-order valence-electron chi connectivity index (χ0n) is 16.2. The van der Waals surface area contributed by atoms with Crippen LogP contribution in [0.5, 0.6) is 0 Å². The molecular formula is C20H26N2O3S2. The van der Waals surface area contributed by atoms with Crippen LogP contribution in [0.1, 0.15) is 51.3 Å². The van der Waals surface area contributed by atoms with Crippen molar-refractivity contribution in [2.75, 3.05) is 11.9 Å². The summed E-state index contributed by atoms with van der Waals surface area (Å²) in [4.78, 5) is 28.6. The number of esters is 1. The van der Waals surface area contributed by atoms with Crippen molar-refractivity contribution in [1.82, 2.24) is 4.98 Å². The molecule has 146 valence electrons. The average Bonchev–Trinajstić information content (AvgIpc) is 3.08. The molecular weight excluding hydrogens is 380 g/mol. The molecule has 1 heterocycles. The Kier molecular flexibility index (Phi) is 8.31. The molecule has 0 unspecified atom stereocenters. The minimum absolute atomic E-state index is 0.0575. The monoisotopic (exact) mass is 406 g/mol. The Morgan fingerprint density at radius 1 is 1.26 bits per heavy atom. The molecule has 0 fully saturated rings. The number of aromatic nitrogens is 1. The summed E-state index contributed by atoms with van der Waals surface area (Å²) >= 11 is 2.83. The highest BCUT2D eigenvalue weighted by Crippen LogP contribution is 2.30. The standard InChI is InChI=1S/C20H26N2O3S2/c1-5-13(3)16-9-7-8-10-17(16)22-19(24)14(4)27-20-21-15(12-26-20)11-18(23)25-6-2/h7-10,12-14H,5-6,11H2,1-4H3,(H,22,24)/t13-,14+/m0/s1. The lowest BCUT2D eigenvalue weighted by Gasteiger charge is -2.17. The predicted molar refractivity (Wildman–Crippen MR) is 112 cm³/mol. The molecule has 7 heteroatoms. The molecule has 0 bridgehead atoms. The lowest BCUT2D eigenvalue weighted by atomic mass is 9.97. The number of ether oxygens (including phenoxy) is 1. The van der Waals surface area contributed by atoms with Crippen molar-refractivity contribution in [3.05, 3.63) is 40.9 Å². The quantitative estimate of drug-likeness (QED) is 0.475. The van der Waals surface area contributed by atoms with Crippen LogP contribution in [0.3, 0.4) is 0 Å². The van der Waals surface area contributed by atoms with Gasteiger partial charge in [-0.05, 0) is 37.8 Å². The van der Waals surface area contributed by atoms with Crippen LogP contribution < -0.4 is 5.32 Å². The fourth-order valence-electron chi connectivity index (χ4n) is 2.48. The Balaban J connectivity index is 1.97. The number of anilines is 1. The molecule has 0 spiro atoms. The van der Waals surface area contributed by atoms with Crippen molar-refractivity contribution in [3.63, 3.8) is 0 Å². The number of amides is 1. The number of thioether (sulfide) groups is 1. The van der Waals surface area contributed by atoms with Gasteiger partial charge in [-0.3, -0.25) is 9.59 Å². The molecule has 0 saturated carbocycles. The summed E-state index contributed by atoms with van der Waals surface area (Å²) in [6, 6.07) is 7.93. The number of benzene rings is 1. The first-order valence-electron chi connectivity index (χ1n) is 9.11. The van der Waals surface area contributed by atoms with Gasteiger partial charge in [0.1, 0.15) is 0 Å². The van der Waals surface area contributed by atoms with Gasteiger partial charge in [-0.2, -0.15) is 0 Å². The molecule has 0 saturated heterocycles. The van der Waals surface area contributed by atoms with Gasteiger partial charge in [0.15, 0.2) is 4.34 Å². The third-order valence-electron chi connectivity index (χ3n) is 4.17. The smallest absolute Gasteiger partial charge is 0.311 e. The highest BCUT2D eigenvalue weighted by Gasteiger charge is 2.19. The normalized spacial score (nSPS) is 13.0. The van der Waals surface area contributed by atoms with E-state index < -0.39 is 0 Å². The molecule has 5 nitrogen and oxygen atoms in total. The highest BCUT2D eigenvalue weighted by molar-refractivity contribution is 8.02. The third-order valence-corrected chi connectivity index (χ3v) is 6.29. The molecule has 2 aromatic rings. The maximum atomic E-state index is 12.6. The van der Waals surface area contributed by atoms with Gasteiger partial charge in [-0.15, -0.1) is 11.3 Å². The predicted octanol–water partition coefficient (Wildman–Crippen LogP) is 4.88. The molecule has 1 N–H and O–H groups in total. The maximum Gasteiger partial charge on any atom is 0.311 e. The summed E-state index contributed by atoms with van der Waals surface area (Å²) in [6.45, 7) is 8.29. The maximum absolute atomic E-state index is 12.6. The Bertz CT molecular complexity index is 776. The summed E-state index contributed by atoms with van der Waals surface area (Å²) < 4.78 is 5.71. The Morgan fingerprint density at radius 2 is 2.00 bits per heavy atom. The van der Waals surface area contributed by atoms with Gasteiger partial charge in [0.25, 0.3) is 0 Å².